The fourth-order valence-corrected chi connectivity index (χ4v) is 2.02. The lowest BCUT2D eigenvalue weighted by Gasteiger charge is -1.96. The first kappa shape index (κ1) is 9.22. The van der Waals surface area contributed by atoms with Gasteiger partial charge in [0.2, 0.25) is 5.91 Å². The molecular weight excluding hydrogens is 174 g/mol. The average Bonchev–Trinajstić information content (AvgIpc) is 2.30. The van der Waals surface area contributed by atoms with Gasteiger partial charge in [-0.15, -0.1) is 11.3 Å². The van der Waals surface area contributed by atoms with Crippen LogP contribution in [0.5, 0.6) is 0 Å². The molecule has 0 fully saturated rings. The minimum absolute atomic E-state index is 0.257. The highest BCUT2D eigenvalue weighted by molar-refractivity contribution is 7.12. The lowest BCUT2D eigenvalue weighted by molar-refractivity contribution is -0.128. The number of carbonyl (C=O) groups is 1. The Balaban J connectivity index is 2.75. The van der Waals surface area contributed by atoms with E-state index in [1.807, 2.05) is 19.9 Å². The summed E-state index contributed by atoms with van der Waals surface area (Å²) in [6, 6.07) is 1.97. The Morgan fingerprint density at radius 2 is 2.33 bits per heavy atom. The van der Waals surface area contributed by atoms with E-state index in [9.17, 15) is 4.79 Å². The maximum Gasteiger partial charge on any atom is 0.247 e. The molecule has 0 radical (unpaired) electrons. The van der Waals surface area contributed by atoms with Crippen LogP contribution in [0.15, 0.2) is 6.07 Å². The van der Waals surface area contributed by atoms with Gasteiger partial charge in [0, 0.05) is 9.75 Å². The summed E-state index contributed by atoms with van der Waals surface area (Å²) in [5.74, 6) is -0.365. The molecule has 1 amide bonds. The predicted molar refractivity (Wildman–Crippen MR) is 47.4 cm³/mol. The lowest BCUT2D eigenvalue weighted by atomic mass is 10.2. The Hall–Kier alpha value is -0.870. The second-order valence-corrected chi connectivity index (χ2v) is 4.11. The zero-order chi connectivity index (χ0) is 9.14. The summed E-state index contributed by atoms with van der Waals surface area (Å²) in [6.45, 7) is 3.97. The summed E-state index contributed by atoms with van der Waals surface area (Å²) < 4.78 is 0. The summed E-state index contributed by atoms with van der Waals surface area (Å²) in [5, 5.41) is 8.30. The number of hydroxylamine groups is 1. The molecule has 66 valence electrons. The van der Waals surface area contributed by atoms with Crippen LogP contribution in [0.4, 0.5) is 0 Å². The van der Waals surface area contributed by atoms with Crippen molar-refractivity contribution in [3.63, 3.8) is 0 Å². The van der Waals surface area contributed by atoms with E-state index in [-0.39, 0.29) is 12.3 Å². The lowest BCUT2D eigenvalue weighted by Crippen LogP contribution is -2.20. The van der Waals surface area contributed by atoms with Gasteiger partial charge in [0.25, 0.3) is 0 Å². The molecule has 0 aromatic carbocycles. The van der Waals surface area contributed by atoms with Crippen molar-refractivity contribution in [3.05, 3.63) is 21.4 Å². The second-order valence-electron chi connectivity index (χ2n) is 2.65. The largest absolute Gasteiger partial charge is 0.289 e. The fraction of sp³-hybridized carbons (Fsp3) is 0.375. The van der Waals surface area contributed by atoms with Crippen molar-refractivity contribution in [2.24, 2.45) is 0 Å². The molecule has 0 spiro atoms. The highest BCUT2D eigenvalue weighted by Gasteiger charge is 2.06. The van der Waals surface area contributed by atoms with Gasteiger partial charge in [-0.1, -0.05) is 0 Å². The zero-order valence-corrected chi connectivity index (χ0v) is 7.86. The van der Waals surface area contributed by atoms with Crippen LogP contribution in [0.1, 0.15) is 15.3 Å². The van der Waals surface area contributed by atoms with Crippen LogP contribution >= 0.6 is 11.3 Å². The van der Waals surface area contributed by atoms with Gasteiger partial charge in [0.1, 0.15) is 0 Å². The highest BCUT2D eigenvalue weighted by atomic mass is 32.1. The van der Waals surface area contributed by atoms with E-state index >= 15 is 0 Å². The van der Waals surface area contributed by atoms with Gasteiger partial charge >= 0.3 is 0 Å². The van der Waals surface area contributed by atoms with E-state index in [4.69, 9.17) is 5.21 Å². The molecule has 1 heterocycles. The number of thiophene rings is 1. The molecule has 0 atom stereocenters. The predicted octanol–water partition coefficient (Wildman–Crippen LogP) is 1.41. The van der Waals surface area contributed by atoms with Gasteiger partial charge in [-0.05, 0) is 25.5 Å². The Morgan fingerprint density at radius 1 is 1.67 bits per heavy atom. The third-order valence-electron chi connectivity index (χ3n) is 1.62. The minimum atomic E-state index is -0.365. The molecule has 12 heavy (non-hydrogen) atoms. The van der Waals surface area contributed by atoms with E-state index in [0.717, 1.165) is 10.4 Å². The Kier molecular flexibility index (Phi) is 2.83. The Labute approximate surface area is 75.0 Å². The summed E-state index contributed by atoms with van der Waals surface area (Å²) in [5.41, 5.74) is 2.61. The van der Waals surface area contributed by atoms with Crippen LogP contribution in [0.2, 0.25) is 0 Å². The van der Waals surface area contributed by atoms with E-state index in [0.29, 0.717) is 0 Å². The van der Waals surface area contributed by atoms with Gasteiger partial charge in [-0.2, -0.15) is 0 Å². The number of nitrogens with one attached hydrogen (secondary N) is 1. The van der Waals surface area contributed by atoms with Crippen molar-refractivity contribution in [1.29, 1.82) is 0 Å². The monoisotopic (exact) mass is 185 g/mol. The third-order valence-corrected chi connectivity index (χ3v) is 2.63. The molecule has 4 heteroatoms. The Morgan fingerprint density at radius 3 is 2.75 bits per heavy atom. The van der Waals surface area contributed by atoms with Gasteiger partial charge in [-0.25, -0.2) is 5.48 Å². The fourth-order valence-electron chi connectivity index (χ4n) is 1.07. The number of amides is 1. The molecule has 1 rings (SSSR count). The third kappa shape index (κ3) is 2.06. The second kappa shape index (κ2) is 3.69. The number of hydrogen-bond acceptors (Lipinski definition) is 3. The van der Waals surface area contributed by atoms with Crippen molar-refractivity contribution in [2.45, 2.75) is 20.3 Å². The Bertz CT molecular complexity index is 293. The van der Waals surface area contributed by atoms with Crippen molar-refractivity contribution in [2.75, 3.05) is 0 Å². The molecule has 1 aromatic heterocycles. The maximum atomic E-state index is 10.8. The number of carbonyl (C=O) groups excluding carboxylic acids is 1. The smallest absolute Gasteiger partial charge is 0.247 e. The normalized spacial score (nSPS) is 9.92. The van der Waals surface area contributed by atoms with Crippen LogP contribution in [0.25, 0.3) is 0 Å². The zero-order valence-electron chi connectivity index (χ0n) is 7.05. The van der Waals surface area contributed by atoms with Gasteiger partial charge in [0.05, 0.1) is 6.42 Å². The summed E-state index contributed by atoms with van der Waals surface area (Å²) in [6.07, 6.45) is 0.257. The molecule has 0 unspecified atom stereocenters. The topological polar surface area (TPSA) is 49.3 Å². The minimum Gasteiger partial charge on any atom is -0.289 e. The van der Waals surface area contributed by atoms with Crippen LogP contribution in [-0.2, 0) is 11.2 Å². The summed E-state index contributed by atoms with van der Waals surface area (Å²) in [7, 11) is 0. The summed E-state index contributed by atoms with van der Waals surface area (Å²) in [4.78, 5) is 13.1. The van der Waals surface area contributed by atoms with Crippen molar-refractivity contribution < 1.29 is 10.0 Å². The summed E-state index contributed by atoms with van der Waals surface area (Å²) >= 11 is 1.66. The van der Waals surface area contributed by atoms with Gasteiger partial charge < -0.3 is 0 Å². The molecule has 2 N–H and O–H groups in total. The molecular formula is C8H11NO2S. The van der Waals surface area contributed by atoms with Gasteiger partial charge in [-0.3, -0.25) is 10.0 Å². The van der Waals surface area contributed by atoms with E-state index in [1.54, 1.807) is 16.8 Å². The highest BCUT2D eigenvalue weighted by Crippen LogP contribution is 2.20. The first-order valence-electron chi connectivity index (χ1n) is 3.62. The van der Waals surface area contributed by atoms with Crippen LogP contribution in [-0.4, -0.2) is 11.1 Å². The average molecular weight is 185 g/mol. The SMILES string of the molecule is Cc1cc(CC(=O)NO)c(C)s1. The van der Waals surface area contributed by atoms with Crippen molar-refractivity contribution >= 4 is 17.2 Å². The molecule has 0 aliphatic rings. The molecule has 0 bridgehead atoms. The van der Waals surface area contributed by atoms with E-state index in [1.165, 1.54) is 4.88 Å². The quantitative estimate of drug-likeness (QED) is 0.540. The number of hydrogen-bond donors (Lipinski definition) is 2. The van der Waals surface area contributed by atoms with E-state index < -0.39 is 0 Å². The molecule has 0 saturated heterocycles. The first-order valence-corrected chi connectivity index (χ1v) is 4.44. The standard InChI is InChI=1S/C8H11NO2S/c1-5-3-7(6(2)12-5)4-8(10)9-11/h3,11H,4H2,1-2H3,(H,9,10). The molecule has 0 aliphatic heterocycles. The molecule has 0 aliphatic carbocycles. The van der Waals surface area contributed by atoms with Crippen LogP contribution in [0.3, 0.4) is 0 Å². The van der Waals surface area contributed by atoms with Crippen molar-refractivity contribution in [3.8, 4) is 0 Å². The van der Waals surface area contributed by atoms with Crippen LogP contribution in [0, 0.1) is 13.8 Å². The van der Waals surface area contributed by atoms with E-state index in [2.05, 4.69) is 0 Å². The number of rotatable bonds is 2. The molecule has 3 nitrogen and oxygen atoms in total. The maximum absolute atomic E-state index is 10.8. The number of aryl methyl sites for hydroxylation is 2. The first-order chi connectivity index (χ1) is 5.63. The van der Waals surface area contributed by atoms with Crippen LogP contribution < -0.4 is 5.48 Å². The van der Waals surface area contributed by atoms with Gasteiger partial charge in [0.15, 0.2) is 0 Å². The van der Waals surface area contributed by atoms with Crippen molar-refractivity contribution in [1.82, 2.24) is 5.48 Å². The molecule has 1 aromatic rings. The molecule has 0 saturated carbocycles.